The zero-order chi connectivity index (χ0) is 10.4. The Balaban J connectivity index is 2.30. The first kappa shape index (κ1) is 11.3. The Labute approximate surface area is 86.4 Å². The summed E-state index contributed by atoms with van der Waals surface area (Å²) in [5.41, 5.74) is 0. The standard InChI is InChI=1S/C11H21NO2/c1-12(2)11(13)14-10-8-6-4-3-5-7-9-10/h10H,3-9H2,1-2H3. The second-order valence-electron chi connectivity index (χ2n) is 4.25. The van der Waals surface area contributed by atoms with Gasteiger partial charge >= 0.3 is 6.09 Å². The molecular weight excluding hydrogens is 178 g/mol. The number of ether oxygens (including phenoxy) is 1. The summed E-state index contributed by atoms with van der Waals surface area (Å²) in [6, 6.07) is 0. The third kappa shape index (κ3) is 3.99. The monoisotopic (exact) mass is 199 g/mol. The van der Waals surface area contributed by atoms with E-state index in [0.29, 0.717) is 0 Å². The fraction of sp³-hybridized carbons (Fsp3) is 0.909. The third-order valence-corrected chi connectivity index (χ3v) is 2.68. The molecule has 3 heteroatoms. The number of rotatable bonds is 1. The van der Waals surface area contributed by atoms with Crippen LogP contribution in [0.2, 0.25) is 0 Å². The minimum atomic E-state index is -0.199. The topological polar surface area (TPSA) is 29.5 Å². The molecule has 0 aromatic carbocycles. The molecule has 0 saturated heterocycles. The molecule has 0 aromatic rings. The van der Waals surface area contributed by atoms with Gasteiger partial charge in [0, 0.05) is 14.1 Å². The molecule has 0 heterocycles. The Kier molecular flexibility index (Phi) is 4.77. The summed E-state index contributed by atoms with van der Waals surface area (Å²) in [4.78, 5) is 12.8. The van der Waals surface area contributed by atoms with Crippen LogP contribution < -0.4 is 0 Å². The third-order valence-electron chi connectivity index (χ3n) is 2.68. The van der Waals surface area contributed by atoms with Gasteiger partial charge in [-0.25, -0.2) is 4.79 Å². The van der Waals surface area contributed by atoms with Gasteiger partial charge in [-0.1, -0.05) is 19.3 Å². The Morgan fingerprint density at radius 2 is 1.57 bits per heavy atom. The lowest BCUT2D eigenvalue weighted by atomic mass is 9.99. The van der Waals surface area contributed by atoms with E-state index in [-0.39, 0.29) is 12.2 Å². The molecule has 0 radical (unpaired) electrons. The summed E-state index contributed by atoms with van der Waals surface area (Å²) in [6.07, 6.45) is 8.36. The number of carbonyl (C=O) groups excluding carboxylic acids is 1. The molecule has 0 bridgehead atoms. The highest BCUT2D eigenvalue weighted by Crippen LogP contribution is 2.19. The zero-order valence-electron chi connectivity index (χ0n) is 9.29. The minimum absolute atomic E-state index is 0.158. The highest BCUT2D eigenvalue weighted by molar-refractivity contribution is 5.66. The van der Waals surface area contributed by atoms with Crippen molar-refractivity contribution >= 4 is 6.09 Å². The van der Waals surface area contributed by atoms with Crippen molar-refractivity contribution in [1.29, 1.82) is 0 Å². The lowest BCUT2D eigenvalue weighted by Gasteiger charge is -2.22. The van der Waals surface area contributed by atoms with Crippen LogP contribution in [0.4, 0.5) is 4.79 Å². The van der Waals surface area contributed by atoms with Crippen molar-refractivity contribution in [3.63, 3.8) is 0 Å². The van der Waals surface area contributed by atoms with Gasteiger partial charge in [-0.3, -0.25) is 0 Å². The van der Waals surface area contributed by atoms with Gasteiger partial charge in [0.2, 0.25) is 0 Å². The molecule has 0 N–H and O–H groups in total. The van der Waals surface area contributed by atoms with E-state index in [2.05, 4.69) is 0 Å². The SMILES string of the molecule is CN(C)C(=O)OC1CCCCCCC1. The van der Waals surface area contributed by atoms with Crippen LogP contribution in [0.15, 0.2) is 0 Å². The molecule has 3 nitrogen and oxygen atoms in total. The van der Waals surface area contributed by atoms with Crippen LogP contribution in [0.3, 0.4) is 0 Å². The van der Waals surface area contributed by atoms with Gasteiger partial charge in [-0.15, -0.1) is 0 Å². The smallest absolute Gasteiger partial charge is 0.409 e. The molecule has 0 spiro atoms. The van der Waals surface area contributed by atoms with Crippen molar-refractivity contribution in [2.24, 2.45) is 0 Å². The summed E-state index contributed by atoms with van der Waals surface area (Å²) in [5, 5.41) is 0. The predicted molar refractivity (Wildman–Crippen MR) is 56.3 cm³/mol. The van der Waals surface area contributed by atoms with Gasteiger partial charge in [0.25, 0.3) is 0 Å². The van der Waals surface area contributed by atoms with E-state index in [1.807, 2.05) is 0 Å². The molecule has 1 aliphatic rings. The van der Waals surface area contributed by atoms with Crippen molar-refractivity contribution in [2.45, 2.75) is 51.0 Å². The van der Waals surface area contributed by atoms with E-state index < -0.39 is 0 Å². The minimum Gasteiger partial charge on any atom is -0.446 e. The summed E-state index contributed by atoms with van der Waals surface area (Å²) in [5.74, 6) is 0. The number of hydrogen-bond acceptors (Lipinski definition) is 2. The van der Waals surface area contributed by atoms with Crippen LogP contribution in [0.25, 0.3) is 0 Å². The van der Waals surface area contributed by atoms with Crippen LogP contribution in [0.5, 0.6) is 0 Å². The number of carbonyl (C=O) groups is 1. The number of hydrogen-bond donors (Lipinski definition) is 0. The van der Waals surface area contributed by atoms with Crippen LogP contribution in [-0.2, 0) is 4.74 Å². The lowest BCUT2D eigenvalue weighted by molar-refractivity contribution is 0.0613. The summed E-state index contributed by atoms with van der Waals surface area (Å²) >= 11 is 0. The van der Waals surface area contributed by atoms with Crippen LogP contribution >= 0.6 is 0 Å². The maximum atomic E-state index is 11.3. The highest BCUT2D eigenvalue weighted by Gasteiger charge is 2.16. The molecule has 1 rings (SSSR count). The largest absolute Gasteiger partial charge is 0.446 e. The molecule has 1 saturated carbocycles. The molecular formula is C11H21NO2. The van der Waals surface area contributed by atoms with E-state index in [0.717, 1.165) is 12.8 Å². The molecule has 82 valence electrons. The second kappa shape index (κ2) is 5.89. The van der Waals surface area contributed by atoms with Gasteiger partial charge in [-0.05, 0) is 25.7 Å². The second-order valence-corrected chi connectivity index (χ2v) is 4.25. The van der Waals surface area contributed by atoms with Crippen LogP contribution in [0, 0.1) is 0 Å². The molecule has 0 unspecified atom stereocenters. The van der Waals surface area contributed by atoms with Crippen molar-refractivity contribution in [1.82, 2.24) is 4.90 Å². The molecule has 0 aliphatic heterocycles. The number of nitrogens with zero attached hydrogens (tertiary/aromatic N) is 1. The van der Waals surface area contributed by atoms with Crippen molar-refractivity contribution in [2.75, 3.05) is 14.1 Å². The Hall–Kier alpha value is -0.730. The molecule has 1 fully saturated rings. The summed E-state index contributed by atoms with van der Waals surface area (Å²) in [7, 11) is 3.45. The Morgan fingerprint density at radius 1 is 1.07 bits per heavy atom. The Bertz CT molecular complexity index is 172. The first-order valence-corrected chi connectivity index (χ1v) is 5.58. The average Bonchev–Trinajstić information content (AvgIpc) is 2.08. The molecule has 14 heavy (non-hydrogen) atoms. The van der Waals surface area contributed by atoms with Crippen molar-refractivity contribution in [3.05, 3.63) is 0 Å². The van der Waals surface area contributed by atoms with Crippen molar-refractivity contribution < 1.29 is 9.53 Å². The molecule has 1 amide bonds. The Morgan fingerprint density at radius 3 is 2.07 bits per heavy atom. The zero-order valence-corrected chi connectivity index (χ0v) is 9.29. The number of amides is 1. The quantitative estimate of drug-likeness (QED) is 0.650. The van der Waals surface area contributed by atoms with Crippen LogP contribution in [-0.4, -0.2) is 31.2 Å². The van der Waals surface area contributed by atoms with Gasteiger partial charge < -0.3 is 9.64 Å². The van der Waals surface area contributed by atoms with E-state index in [1.54, 1.807) is 14.1 Å². The van der Waals surface area contributed by atoms with Gasteiger partial charge in [0.1, 0.15) is 6.10 Å². The van der Waals surface area contributed by atoms with E-state index in [9.17, 15) is 4.79 Å². The maximum Gasteiger partial charge on any atom is 0.409 e. The summed E-state index contributed by atoms with van der Waals surface area (Å²) in [6.45, 7) is 0. The first-order valence-electron chi connectivity index (χ1n) is 5.58. The van der Waals surface area contributed by atoms with Gasteiger partial charge in [-0.2, -0.15) is 0 Å². The lowest BCUT2D eigenvalue weighted by Crippen LogP contribution is -2.28. The first-order chi connectivity index (χ1) is 6.70. The molecule has 1 aliphatic carbocycles. The maximum absolute atomic E-state index is 11.3. The predicted octanol–water partition coefficient (Wildman–Crippen LogP) is 2.80. The van der Waals surface area contributed by atoms with E-state index in [1.165, 1.54) is 37.0 Å². The van der Waals surface area contributed by atoms with E-state index in [4.69, 9.17) is 4.74 Å². The van der Waals surface area contributed by atoms with E-state index >= 15 is 0 Å². The normalized spacial score (nSPS) is 19.6. The van der Waals surface area contributed by atoms with Gasteiger partial charge in [0.15, 0.2) is 0 Å². The van der Waals surface area contributed by atoms with Crippen LogP contribution in [0.1, 0.15) is 44.9 Å². The fourth-order valence-corrected chi connectivity index (χ4v) is 1.78. The van der Waals surface area contributed by atoms with Crippen molar-refractivity contribution in [3.8, 4) is 0 Å². The average molecular weight is 199 g/mol. The molecule has 0 atom stereocenters. The van der Waals surface area contributed by atoms with Gasteiger partial charge in [0.05, 0.1) is 0 Å². The fourth-order valence-electron chi connectivity index (χ4n) is 1.78. The molecule has 0 aromatic heterocycles. The highest BCUT2D eigenvalue weighted by atomic mass is 16.6. The summed E-state index contributed by atoms with van der Waals surface area (Å²) < 4.78 is 5.38.